The molecule has 21 heavy (non-hydrogen) atoms. The van der Waals surface area contributed by atoms with Crippen LogP contribution in [0, 0.1) is 0 Å². The lowest BCUT2D eigenvalue weighted by atomic mass is 9.72. The molecule has 104 valence electrons. The summed E-state index contributed by atoms with van der Waals surface area (Å²) in [6.45, 7) is 0. The summed E-state index contributed by atoms with van der Waals surface area (Å²) in [5.74, 6) is 0. The third kappa shape index (κ3) is 1.89. The van der Waals surface area contributed by atoms with E-state index in [2.05, 4.69) is 66.7 Å². The van der Waals surface area contributed by atoms with Gasteiger partial charge in [0.25, 0.3) is 0 Å². The molecule has 0 aromatic heterocycles. The molecule has 1 heteroatoms. The van der Waals surface area contributed by atoms with Gasteiger partial charge in [0.1, 0.15) is 0 Å². The van der Waals surface area contributed by atoms with E-state index in [9.17, 15) is 0 Å². The first-order valence-corrected chi connectivity index (χ1v) is 7.64. The zero-order chi connectivity index (χ0) is 14.3. The summed E-state index contributed by atoms with van der Waals surface area (Å²) in [7, 11) is 0. The van der Waals surface area contributed by atoms with Crippen LogP contribution in [0.2, 0.25) is 0 Å². The maximum absolute atomic E-state index is 6.96. The number of fused-ring (bicyclic) bond motifs is 2. The quantitative estimate of drug-likeness (QED) is 0.699. The van der Waals surface area contributed by atoms with E-state index < -0.39 is 0 Å². The highest BCUT2D eigenvalue weighted by Gasteiger charge is 2.35. The van der Waals surface area contributed by atoms with E-state index in [4.69, 9.17) is 5.73 Å². The van der Waals surface area contributed by atoms with Crippen LogP contribution in [0.15, 0.2) is 66.7 Å². The molecule has 2 N–H and O–H groups in total. The Labute approximate surface area is 125 Å². The minimum absolute atomic E-state index is 0.365. The van der Waals surface area contributed by atoms with Gasteiger partial charge in [0.2, 0.25) is 0 Å². The number of rotatable bonds is 1. The van der Waals surface area contributed by atoms with E-state index in [0.29, 0.717) is 0 Å². The third-order valence-electron chi connectivity index (χ3n) is 4.79. The van der Waals surface area contributed by atoms with E-state index in [1.807, 2.05) is 0 Å². The normalized spacial score (nSPS) is 21.2. The molecule has 0 amide bonds. The second kappa shape index (κ2) is 4.71. The Morgan fingerprint density at radius 2 is 1.48 bits per heavy atom. The number of benzene rings is 3. The van der Waals surface area contributed by atoms with Crippen LogP contribution in [0.4, 0.5) is 0 Å². The van der Waals surface area contributed by atoms with Gasteiger partial charge in [0, 0.05) is 0 Å². The molecular weight excluding hydrogens is 254 g/mol. The molecule has 1 aliphatic carbocycles. The van der Waals surface area contributed by atoms with E-state index in [1.54, 1.807) is 0 Å². The molecule has 1 atom stereocenters. The first-order valence-electron chi connectivity index (χ1n) is 7.64. The van der Waals surface area contributed by atoms with E-state index in [-0.39, 0.29) is 5.54 Å². The maximum atomic E-state index is 6.96. The van der Waals surface area contributed by atoms with Crippen LogP contribution in [0.1, 0.15) is 29.5 Å². The average molecular weight is 273 g/mol. The Hall–Kier alpha value is -2.12. The second-order valence-corrected chi connectivity index (χ2v) is 6.01. The first-order chi connectivity index (χ1) is 10.3. The van der Waals surface area contributed by atoms with E-state index in [0.717, 1.165) is 19.3 Å². The predicted molar refractivity (Wildman–Crippen MR) is 88.3 cm³/mol. The van der Waals surface area contributed by atoms with E-state index >= 15 is 0 Å². The van der Waals surface area contributed by atoms with Crippen LogP contribution in [0.25, 0.3) is 10.8 Å². The summed E-state index contributed by atoms with van der Waals surface area (Å²) in [5.41, 5.74) is 10.6. The minimum Gasteiger partial charge on any atom is -0.318 e. The number of aryl methyl sites for hydroxylation is 1. The number of hydrogen-bond acceptors (Lipinski definition) is 1. The molecule has 1 unspecified atom stereocenters. The van der Waals surface area contributed by atoms with Crippen LogP contribution in [-0.4, -0.2) is 0 Å². The Morgan fingerprint density at radius 1 is 0.762 bits per heavy atom. The van der Waals surface area contributed by atoms with Gasteiger partial charge in [0.15, 0.2) is 0 Å². The van der Waals surface area contributed by atoms with Crippen LogP contribution >= 0.6 is 0 Å². The van der Waals surface area contributed by atoms with Crippen molar-refractivity contribution in [2.75, 3.05) is 0 Å². The zero-order valence-corrected chi connectivity index (χ0v) is 12.0. The first kappa shape index (κ1) is 12.6. The molecule has 3 aromatic carbocycles. The second-order valence-electron chi connectivity index (χ2n) is 6.01. The van der Waals surface area contributed by atoms with Crippen LogP contribution < -0.4 is 5.73 Å². The fourth-order valence-corrected chi connectivity index (χ4v) is 3.76. The van der Waals surface area contributed by atoms with Crippen LogP contribution in [0.3, 0.4) is 0 Å². The summed E-state index contributed by atoms with van der Waals surface area (Å²) >= 11 is 0. The predicted octanol–water partition coefficient (Wildman–Crippen LogP) is 4.38. The molecule has 0 heterocycles. The highest BCUT2D eigenvalue weighted by molar-refractivity contribution is 5.87. The monoisotopic (exact) mass is 273 g/mol. The van der Waals surface area contributed by atoms with Gasteiger partial charge in [0.05, 0.1) is 5.54 Å². The smallest absolute Gasteiger partial charge is 0.0674 e. The molecule has 0 fully saturated rings. The molecule has 0 bridgehead atoms. The van der Waals surface area contributed by atoms with Crippen molar-refractivity contribution >= 4 is 10.8 Å². The highest BCUT2D eigenvalue weighted by atomic mass is 14.8. The Balaban J connectivity index is 2.01. The van der Waals surface area contributed by atoms with Gasteiger partial charge in [-0.05, 0) is 46.7 Å². The molecular formula is C20H19N. The lowest BCUT2D eigenvalue weighted by molar-refractivity contribution is 0.446. The van der Waals surface area contributed by atoms with Crippen molar-refractivity contribution in [3.8, 4) is 0 Å². The Bertz CT molecular complexity index is 800. The molecule has 0 saturated carbocycles. The average Bonchev–Trinajstić information content (AvgIpc) is 2.55. The third-order valence-corrected chi connectivity index (χ3v) is 4.79. The van der Waals surface area contributed by atoms with Gasteiger partial charge < -0.3 is 5.73 Å². The van der Waals surface area contributed by atoms with Crippen LogP contribution in [0.5, 0.6) is 0 Å². The Kier molecular flexibility index (Phi) is 2.83. The lowest BCUT2D eigenvalue weighted by Crippen LogP contribution is -2.41. The fraction of sp³-hybridized carbons (Fsp3) is 0.200. The molecule has 1 aliphatic rings. The number of nitrogens with two attached hydrogens (primary N) is 1. The van der Waals surface area contributed by atoms with Crippen molar-refractivity contribution in [3.63, 3.8) is 0 Å². The topological polar surface area (TPSA) is 26.0 Å². The molecule has 0 radical (unpaired) electrons. The molecule has 1 nitrogen and oxygen atoms in total. The van der Waals surface area contributed by atoms with Crippen molar-refractivity contribution in [1.29, 1.82) is 0 Å². The highest BCUT2D eigenvalue weighted by Crippen LogP contribution is 2.40. The summed E-state index contributed by atoms with van der Waals surface area (Å²) in [6, 6.07) is 23.7. The minimum atomic E-state index is -0.365. The van der Waals surface area contributed by atoms with Gasteiger partial charge in [-0.1, -0.05) is 66.7 Å². The Morgan fingerprint density at radius 3 is 2.43 bits per heavy atom. The molecule has 0 spiro atoms. The summed E-state index contributed by atoms with van der Waals surface area (Å²) < 4.78 is 0. The lowest BCUT2D eigenvalue weighted by Gasteiger charge is -2.37. The van der Waals surface area contributed by atoms with Crippen molar-refractivity contribution in [1.82, 2.24) is 0 Å². The largest absolute Gasteiger partial charge is 0.318 e. The molecule has 0 aliphatic heterocycles. The van der Waals surface area contributed by atoms with Gasteiger partial charge >= 0.3 is 0 Å². The van der Waals surface area contributed by atoms with Crippen molar-refractivity contribution in [2.45, 2.75) is 24.8 Å². The molecule has 3 aromatic rings. The standard InChI is InChI=1S/C20H19N/c21-20(14-6-10-16-8-2-4-12-18(16)20)19-13-5-9-15-7-1-3-11-17(15)19/h1-5,7-9,11-13H,6,10,14,21H2. The summed E-state index contributed by atoms with van der Waals surface area (Å²) in [6.07, 6.45) is 3.30. The van der Waals surface area contributed by atoms with Gasteiger partial charge in [-0.25, -0.2) is 0 Å². The fourth-order valence-electron chi connectivity index (χ4n) is 3.76. The summed E-state index contributed by atoms with van der Waals surface area (Å²) in [5, 5.41) is 2.54. The SMILES string of the molecule is NC1(c2cccc3ccccc23)CCCc2ccccc21. The van der Waals surface area contributed by atoms with Crippen molar-refractivity contribution in [3.05, 3.63) is 83.4 Å². The van der Waals surface area contributed by atoms with Crippen molar-refractivity contribution in [2.24, 2.45) is 5.73 Å². The molecule has 4 rings (SSSR count). The van der Waals surface area contributed by atoms with Gasteiger partial charge in [-0.3, -0.25) is 0 Å². The van der Waals surface area contributed by atoms with Crippen LogP contribution in [-0.2, 0) is 12.0 Å². The molecule has 0 saturated heterocycles. The van der Waals surface area contributed by atoms with Gasteiger partial charge in [-0.15, -0.1) is 0 Å². The summed E-state index contributed by atoms with van der Waals surface area (Å²) in [4.78, 5) is 0. The zero-order valence-electron chi connectivity index (χ0n) is 12.0. The van der Waals surface area contributed by atoms with E-state index in [1.165, 1.54) is 27.5 Å². The van der Waals surface area contributed by atoms with Gasteiger partial charge in [-0.2, -0.15) is 0 Å². The van der Waals surface area contributed by atoms with Crippen molar-refractivity contribution < 1.29 is 0 Å². The maximum Gasteiger partial charge on any atom is 0.0674 e. The number of hydrogen-bond donors (Lipinski definition) is 1.